The average Bonchev–Trinajstić information content (AvgIpc) is 3.20. The normalized spacial score (nSPS) is 16.1. The summed E-state index contributed by atoms with van der Waals surface area (Å²) in [5, 5.41) is 6.47. The van der Waals surface area contributed by atoms with Gasteiger partial charge in [-0.05, 0) is 36.5 Å². The van der Waals surface area contributed by atoms with E-state index in [1.165, 1.54) is 18.4 Å². The third-order valence-corrected chi connectivity index (χ3v) is 3.61. The Morgan fingerprint density at radius 1 is 1.42 bits per heavy atom. The summed E-state index contributed by atoms with van der Waals surface area (Å²) in [6, 6.07) is 8.82. The topological polar surface area (TPSA) is 41.1 Å². The minimum absolute atomic E-state index is 0.113. The van der Waals surface area contributed by atoms with Gasteiger partial charge < -0.3 is 10.6 Å². The van der Waals surface area contributed by atoms with Gasteiger partial charge in [0.25, 0.3) is 0 Å². The van der Waals surface area contributed by atoms with Crippen LogP contribution in [0.1, 0.15) is 45.1 Å². The Hall–Kier alpha value is -1.35. The fourth-order valence-electron chi connectivity index (χ4n) is 1.98. The summed E-state index contributed by atoms with van der Waals surface area (Å²) in [6.07, 6.45) is 4.23. The Kier molecular flexibility index (Phi) is 4.97. The zero-order valence-corrected chi connectivity index (χ0v) is 11.9. The van der Waals surface area contributed by atoms with E-state index in [-0.39, 0.29) is 5.91 Å². The van der Waals surface area contributed by atoms with Crippen LogP contribution in [-0.4, -0.2) is 11.9 Å². The summed E-state index contributed by atoms with van der Waals surface area (Å²) in [5.41, 5.74) is 2.14. The van der Waals surface area contributed by atoms with E-state index in [0.29, 0.717) is 18.4 Å². The highest BCUT2D eigenvalue weighted by molar-refractivity contribution is 5.90. The second-order valence-electron chi connectivity index (χ2n) is 5.62. The molecule has 1 fully saturated rings. The Labute approximate surface area is 115 Å². The fourth-order valence-corrected chi connectivity index (χ4v) is 1.98. The summed E-state index contributed by atoms with van der Waals surface area (Å²) in [5.74, 6) is 0.557. The van der Waals surface area contributed by atoms with Crippen molar-refractivity contribution in [3.8, 4) is 0 Å². The number of hydrogen-bond acceptors (Lipinski definition) is 2. The molecule has 0 spiro atoms. The van der Waals surface area contributed by atoms with Gasteiger partial charge in [-0.1, -0.05) is 32.4 Å². The largest absolute Gasteiger partial charge is 0.326 e. The number of anilines is 1. The third kappa shape index (κ3) is 5.03. The number of amides is 1. The van der Waals surface area contributed by atoms with Gasteiger partial charge in [0.05, 0.1) is 0 Å². The molecule has 0 radical (unpaired) electrons. The van der Waals surface area contributed by atoms with Gasteiger partial charge in [0.15, 0.2) is 0 Å². The second-order valence-corrected chi connectivity index (χ2v) is 5.62. The fraction of sp³-hybridized carbons (Fsp3) is 0.562. The SMILES string of the molecule is CCC(C)CC(=O)Nc1cccc(CNC2CC2)c1. The standard InChI is InChI=1S/C16H24N2O/c1-3-12(2)9-16(19)18-15-6-4-5-13(10-15)11-17-14-7-8-14/h4-6,10,12,14,17H,3,7-9,11H2,1-2H3,(H,18,19). The van der Waals surface area contributed by atoms with Gasteiger partial charge >= 0.3 is 0 Å². The van der Waals surface area contributed by atoms with E-state index in [9.17, 15) is 4.79 Å². The van der Waals surface area contributed by atoms with Crippen molar-refractivity contribution in [2.75, 3.05) is 5.32 Å². The smallest absolute Gasteiger partial charge is 0.224 e. The van der Waals surface area contributed by atoms with Gasteiger partial charge in [0.1, 0.15) is 0 Å². The molecule has 1 aliphatic rings. The lowest BCUT2D eigenvalue weighted by Gasteiger charge is -2.10. The van der Waals surface area contributed by atoms with E-state index in [2.05, 4.69) is 36.6 Å². The number of carbonyl (C=O) groups excluding carboxylic acids is 1. The van der Waals surface area contributed by atoms with Crippen LogP contribution < -0.4 is 10.6 Å². The predicted molar refractivity (Wildman–Crippen MR) is 79.0 cm³/mol. The van der Waals surface area contributed by atoms with Crippen LogP contribution >= 0.6 is 0 Å². The predicted octanol–water partition coefficient (Wildman–Crippen LogP) is 3.31. The molecule has 0 heterocycles. The highest BCUT2D eigenvalue weighted by Gasteiger charge is 2.19. The first kappa shape index (κ1) is 14.1. The van der Waals surface area contributed by atoms with Gasteiger partial charge in [-0.3, -0.25) is 4.79 Å². The van der Waals surface area contributed by atoms with Crippen molar-refractivity contribution in [1.82, 2.24) is 5.32 Å². The summed E-state index contributed by atoms with van der Waals surface area (Å²) < 4.78 is 0. The highest BCUT2D eigenvalue weighted by atomic mass is 16.1. The van der Waals surface area contributed by atoms with E-state index in [1.54, 1.807) is 0 Å². The first-order valence-electron chi connectivity index (χ1n) is 7.29. The van der Waals surface area contributed by atoms with Crippen molar-refractivity contribution in [2.45, 2.75) is 52.1 Å². The first-order valence-corrected chi connectivity index (χ1v) is 7.29. The number of rotatable bonds is 7. The molecule has 1 unspecified atom stereocenters. The van der Waals surface area contributed by atoms with Crippen molar-refractivity contribution in [2.24, 2.45) is 5.92 Å². The maximum atomic E-state index is 11.8. The van der Waals surface area contributed by atoms with Gasteiger partial charge in [-0.2, -0.15) is 0 Å². The number of nitrogens with one attached hydrogen (secondary N) is 2. The molecular formula is C16H24N2O. The second kappa shape index (κ2) is 6.71. The molecule has 2 rings (SSSR count). The van der Waals surface area contributed by atoms with Crippen LogP contribution in [0.4, 0.5) is 5.69 Å². The zero-order chi connectivity index (χ0) is 13.7. The molecule has 1 aromatic rings. The number of benzene rings is 1. The lowest BCUT2D eigenvalue weighted by molar-refractivity contribution is -0.117. The van der Waals surface area contributed by atoms with E-state index in [0.717, 1.165) is 18.7 Å². The molecule has 1 amide bonds. The van der Waals surface area contributed by atoms with Crippen LogP contribution in [0.3, 0.4) is 0 Å². The molecule has 3 heteroatoms. The van der Waals surface area contributed by atoms with Gasteiger partial charge in [-0.25, -0.2) is 0 Å². The van der Waals surface area contributed by atoms with Crippen LogP contribution in [0.5, 0.6) is 0 Å². The van der Waals surface area contributed by atoms with E-state index < -0.39 is 0 Å². The highest BCUT2D eigenvalue weighted by Crippen LogP contribution is 2.20. The molecule has 1 aromatic carbocycles. The van der Waals surface area contributed by atoms with Crippen LogP contribution in [0.2, 0.25) is 0 Å². The number of carbonyl (C=O) groups is 1. The van der Waals surface area contributed by atoms with Gasteiger partial charge in [0.2, 0.25) is 5.91 Å². The molecule has 19 heavy (non-hydrogen) atoms. The molecule has 104 valence electrons. The minimum atomic E-state index is 0.113. The van der Waals surface area contributed by atoms with Crippen molar-refractivity contribution in [1.29, 1.82) is 0 Å². The minimum Gasteiger partial charge on any atom is -0.326 e. The molecule has 3 nitrogen and oxygen atoms in total. The Balaban J connectivity index is 1.84. The van der Waals surface area contributed by atoms with E-state index in [4.69, 9.17) is 0 Å². The van der Waals surface area contributed by atoms with Crippen molar-refractivity contribution in [3.63, 3.8) is 0 Å². The van der Waals surface area contributed by atoms with Crippen LogP contribution in [0.15, 0.2) is 24.3 Å². The molecule has 0 bridgehead atoms. The van der Waals surface area contributed by atoms with Crippen LogP contribution in [0.25, 0.3) is 0 Å². The van der Waals surface area contributed by atoms with Crippen molar-refractivity contribution in [3.05, 3.63) is 29.8 Å². The quantitative estimate of drug-likeness (QED) is 0.789. The molecule has 0 saturated heterocycles. The lowest BCUT2D eigenvalue weighted by atomic mass is 10.0. The summed E-state index contributed by atoms with van der Waals surface area (Å²) >= 11 is 0. The molecule has 0 aliphatic heterocycles. The molecule has 1 saturated carbocycles. The molecule has 2 N–H and O–H groups in total. The van der Waals surface area contributed by atoms with Crippen LogP contribution in [0, 0.1) is 5.92 Å². The van der Waals surface area contributed by atoms with Gasteiger partial charge in [-0.15, -0.1) is 0 Å². The van der Waals surface area contributed by atoms with Crippen molar-refractivity contribution >= 4 is 11.6 Å². The number of hydrogen-bond donors (Lipinski definition) is 2. The van der Waals surface area contributed by atoms with Crippen LogP contribution in [-0.2, 0) is 11.3 Å². The maximum absolute atomic E-state index is 11.8. The first-order chi connectivity index (χ1) is 9.17. The monoisotopic (exact) mass is 260 g/mol. The average molecular weight is 260 g/mol. The molecular weight excluding hydrogens is 236 g/mol. The summed E-state index contributed by atoms with van der Waals surface area (Å²) in [6.45, 7) is 5.11. The van der Waals surface area contributed by atoms with E-state index in [1.807, 2.05) is 12.1 Å². The Morgan fingerprint density at radius 2 is 2.21 bits per heavy atom. The summed E-state index contributed by atoms with van der Waals surface area (Å²) in [7, 11) is 0. The Morgan fingerprint density at radius 3 is 2.89 bits per heavy atom. The van der Waals surface area contributed by atoms with Crippen molar-refractivity contribution < 1.29 is 4.79 Å². The maximum Gasteiger partial charge on any atom is 0.224 e. The third-order valence-electron chi connectivity index (χ3n) is 3.61. The van der Waals surface area contributed by atoms with E-state index >= 15 is 0 Å². The summed E-state index contributed by atoms with van der Waals surface area (Å²) in [4.78, 5) is 11.8. The van der Waals surface area contributed by atoms with Gasteiger partial charge in [0, 0.05) is 24.7 Å². The lowest BCUT2D eigenvalue weighted by Crippen LogP contribution is -2.17. The molecule has 1 atom stereocenters. The molecule has 0 aromatic heterocycles. The zero-order valence-electron chi connectivity index (χ0n) is 11.9. The Bertz CT molecular complexity index is 427. The molecule has 1 aliphatic carbocycles.